The lowest BCUT2D eigenvalue weighted by Gasteiger charge is -2.28. The highest BCUT2D eigenvalue weighted by atomic mass is 16.5. The Morgan fingerprint density at radius 3 is 2.95 bits per heavy atom. The molecule has 19 heavy (non-hydrogen) atoms. The number of anilines is 2. The maximum Gasteiger partial charge on any atom is 0.222 e. The van der Waals surface area contributed by atoms with Crippen molar-refractivity contribution in [2.24, 2.45) is 0 Å². The molecule has 1 unspecified atom stereocenters. The van der Waals surface area contributed by atoms with Crippen LogP contribution in [0, 0.1) is 0 Å². The zero-order valence-corrected chi connectivity index (χ0v) is 11.1. The van der Waals surface area contributed by atoms with E-state index in [-0.39, 0.29) is 0 Å². The van der Waals surface area contributed by atoms with Crippen LogP contribution in [0.5, 0.6) is 0 Å². The van der Waals surface area contributed by atoms with Crippen molar-refractivity contribution in [2.75, 3.05) is 43.4 Å². The molecule has 2 aliphatic rings. The Balaban J connectivity index is 1.74. The standard InChI is InChI=1S/C13H21N5O/c14-13-16-10(8-11-2-1-7-19-11)9-12(17-13)18-5-3-15-4-6-18/h9,11,15H,1-8H2,(H2,14,16,17). The van der Waals surface area contributed by atoms with Crippen molar-refractivity contribution in [1.82, 2.24) is 15.3 Å². The zero-order valence-electron chi connectivity index (χ0n) is 11.1. The van der Waals surface area contributed by atoms with Gasteiger partial charge in [-0.3, -0.25) is 0 Å². The minimum atomic E-state index is 0.296. The Morgan fingerprint density at radius 1 is 1.37 bits per heavy atom. The molecule has 1 atom stereocenters. The fourth-order valence-electron chi connectivity index (χ4n) is 2.70. The molecule has 0 radical (unpaired) electrons. The van der Waals surface area contributed by atoms with Crippen molar-refractivity contribution in [3.63, 3.8) is 0 Å². The monoisotopic (exact) mass is 263 g/mol. The highest BCUT2D eigenvalue weighted by Crippen LogP contribution is 2.20. The second-order valence-electron chi connectivity index (χ2n) is 5.15. The van der Waals surface area contributed by atoms with Gasteiger partial charge >= 0.3 is 0 Å². The Kier molecular flexibility index (Phi) is 3.79. The van der Waals surface area contributed by atoms with E-state index in [2.05, 4.69) is 26.3 Å². The molecule has 0 aliphatic carbocycles. The van der Waals surface area contributed by atoms with E-state index in [9.17, 15) is 0 Å². The van der Waals surface area contributed by atoms with E-state index in [4.69, 9.17) is 10.5 Å². The summed E-state index contributed by atoms with van der Waals surface area (Å²) in [7, 11) is 0. The van der Waals surface area contributed by atoms with Crippen LogP contribution in [0.2, 0.25) is 0 Å². The molecule has 6 heteroatoms. The number of nitrogens with one attached hydrogen (secondary N) is 1. The SMILES string of the molecule is Nc1nc(CC2CCCO2)cc(N2CCNCC2)n1. The number of hydrogen-bond donors (Lipinski definition) is 2. The highest BCUT2D eigenvalue weighted by molar-refractivity contribution is 5.44. The number of nitrogens with zero attached hydrogens (tertiary/aromatic N) is 3. The molecule has 2 saturated heterocycles. The smallest absolute Gasteiger partial charge is 0.222 e. The third kappa shape index (κ3) is 3.13. The second-order valence-corrected chi connectivity index (χ2v) is 5.15. The summed E-state index contributed by atoms with van der Waals surface area (Å²) in [6.45, 7) is 4.79. The van der Waals surface area contributed by atoms with Gasteiger partial charge in [0.2, 0.25) is 5.95 Å². The van der Waals surface area contributed by atoms with Crippen LogP contribution >= 0.6 is 0 Å². The fraction of sp³-hybridized carbons (Fsp3) is 0.692. The Hall–Kier alpha value is -1.40. The third-order valence-corrected chi connectivity index (χ3v) is 3.68. The maximum absolute atomic E-state index is 5.84. The lowest BCUT2D eigenvalue weighted by molar-refractivity contribution is 0.110. The minimum absolute atomic E-state index is 0.296. The summed E-state index contributed by atoms with van der Waals surface area (Å²) in [6, 6.07) is 2.06. The van der Waals surface area contributed by atoms with Gasteiger partial charge in [-0.2, -0.15) is 4.98 Å². The molecule has 2 aliphatic heterocycles. The first-order valence-corrected chi connectivity index (χ1v) is 7.02. The van der Waals surface area contributed by atoms with E-state index in [0.29, 0.717) is 12.1 Å². The Morgan fingerprint density at radius 2 is 2.21 bits per heavy atom. The second kappa shape index (κ2) is 5.71. The number of nitrogen functional groups attached to an aromatic ring is 1. The van der Waals surface area contributed by atoms with Crippen molar-refractivity contribution < 1.29 is 4.74 Å². The van der Waals surface area contributed by atoms with Crippen LogP contribution in [0.15, 0.2) is 6.07 Å². The van der Waals surface area contributed by atoms with Gasteiger partial charge in [-0.25, -0.2) is 4.98 Å². The maximum atomic E-state index is 5.84. The summed E-state index contributed by atoms with van der Waals surface area (Å²) in [6.07, 6.45) is 3.40. The van der Waals surface area contributed by atoms with E-state index in [0.717, 1.165) is 63.6 Å². The fourth-order valence-corrected chi connectivity index (χ4v) is 2.70. The van der Waals surface area contributed by atoms with Gasteiger partial charge in [0.1, 0.15) is 5.82 Å². The quantitative estimate of drug-likeness (QED) is 0.811. The lowest BCUT2D eigenvalue weighted by atomic mass is 10.1. The van der Waals surface area contributed by atoms with Gasteiger partial charge in [0.05, 0.1) is 11.8 Å². The molecule has 1 aromatic rings. The van der Waals surface area contributed by atoms with Crippen LogP contribution in [-0.2, 0) is 11.2 Å². The Bertz CT molecular complexity index is 427. The number of ether oxygens (including phenoxy) is 1. The van der Waals surface area contributed by atoms with Gasteiger partial charge < -0.3 is 20.7 Å². The molecule has 2 fully saturated rings. The first-order valence-electron chi connectivity index (χ1n) is 7.02. The number of rotatable bonds is 3. The molecule has 104 valence electrons. The van der Waals surface area contributed by atoms with Gasteiger partial charge in [0.25, 0.3) is 0 Å². The van der Waals surface area contributed by atoms with Crippen molar-refractivity contribution in [3.05, 3.63) is 11.8 Å². The minimum Gasteiger partial charge on any atom is -0.378 e. The summed E-state index contributed by atoms with van der Waals surface area (Å²) in [5.74, 6) is 1.31. The normalized spacial score (nSPS) is 23.8. The topological polar surface area (TPSA) is 76.3 Å². The highest BCUT2D eigenvalue weighted by Gasteiger charge is 2.19. The summed E-state index contributed by atoms with van der Waals surface area (Å²) < 4.78 is 5.66. The van der Waals surface area contributed by atoms with Crippen molar-refractivity contribution in [3.8, 4) is 0 Å². The van der Waals surface area contributed by atoms with E-state index in [1.54, 1.807) is 0 Å². The molecule has 3 N–H and O–H groups in total. The van der Waals surface area contributed by atoms with Crippen molar-refractivity contribution in [2.45, 2.75) is 25.4 Å². The zero-order chi connectivity index (χ0) is 13.1. The number of piperazine rings is 1. The summed E-state index contributed by atoms with van der Waals surface area (Å²) in [5.41, 5.74) is 6.83. The third-order valence-electron chi connectivity index (χ3n) is 3.68. The van der Waals surface area contributed by atoms with Crippen molar-refractivity contribution >= 4 is 11.8 Å². The van der Waals surface area contributed by atoms with Crippen LogP contribution < -0.4 is 16.0 Å². The predicted molar refractivity (Wildman–Crippen MR) is 74.2 cm³/mol. The molecule has 1 aromatic heterocycles. The summed E-state index contributed by atoms with van der Waals surface area (Å²) in [4.78, 5) is 11.0. The molecule has 0 saturated carbocycles. The molecule has 0 amide bonds. The number of aromatic nitrogens is 2. The molecule has 3 heterocycles. The first-order chi connectivity index (χ1) is 9.31. The molecule has 0 aromatic carbocycles. The van der Waals surface area contributed by atoms with Gasteiger partial charge in [-0.15, -0.1) is 0 Å². The van der Waals surface area contributed by atoms with Gasteiger partial charge in [-0.1, -0.05) is 0 Å². The van der Waals surface area contributed by atoms with Gasteiger partial charge in [-0.05, 0) is 12.8 Å². The van der Waals surface area contributed by atoms with E-state index in [1.165, 1.54) is 0 Å². The van der Waals surface area contributed by atoms with E-state index in [1.807, 2.05) is 0 Å². The van der Waals surface area contributed by atoms with Crippen molar-refractivity contribution in [1.29, 1.82) is 0 Å². The van der Waals surface area contributed by atoms with E-state index >= 15 is 0 Å². The molecular formula is C13H21N5O. The Labute approximate surface area is 113 Å². The van der Waals surface area contributed by atoms with Gasteiger partial charge in [0.15, 0.2) is 0 Å². The average Bonchev–Trinajstić information content (AvgIpc) is 2.92. The lowest BCUT2D eigenvalue weighted by Crippen LogP contribution is -2.44. The van der Waals surface area contributed by atoms with Crippen LogP contribution in [-0.4, -0.2) is 48.9 Å². The molecule has 6 nitrogen and oxygen atoms in total. The van der Waals surface area contributed by atoms with E-state index < -0.39 is 0 Å². The van der Waals surface area contributed by atoms with Crippen LogP contribution in [0.3, 0.4) is 0 Å². The molecule has 0 spiro atoms. The predicted octanol–water partition coefficient (Wildman–Crippen LogP) is 0.190. The average molecular weight is 263 g/mol. The largest absolute Gasteiger partial charge is 0.378 e. The molecule has 3 rings (SSSR count). The van der Waals surface area contributed by atoms with Crippen LogP contribution in [0.4, 0.5) is 11.8 Å². The van der Waals surface area contributed by atoms with Gasteiger partial charge in [0, 0.05) is 45.3 Å². The van der Waals surface area contributed by atoms with Crippen LogP contribution in [0.1, 0.15) is 18.5 Å². The first kappa shape index (κ1) is 12.6. The summed E-state index contributed by atoms with van der Waals surface area (Å²) in [5, 5.41) is 3.34. The van der Waals surface area contributed by atoms with Crippen LogP contribution in [0.25, 0.3) is 0 Å². The number of hydrogen-bond acceptors (Lipinski definition) is 6. The molecule has 0 bridgehead atoms. The number of nitrogens with two attached hydrogens (primary N) is 1. The summed E-state index contributed by atoms with van der Waals surface area (Å²) >= 11 is 0. The molecular weight excluding hydrogens is 242 g/mol.